The summed E-state index contributed by atoms with van der Waals surface area (Å²) < 4.78 is 14.0. The molecule has 1 fully saturated rings. The van der Waals surface area contributed by atoms with Crippen LogP contribution in [-0.2, 0) is 0 Å². The molecular formula is C19H19Cl2FN2O. The summed E-state index contributed by atoms with van der Waals surface area (Å²) in [6.45, 7) is 4.58. The average molecular weight is 381 g/mol. The van der Waals surface area contributed by atoms with Gasteiger partial charge >= 0.3 is 0 Å². The lowest BCUT2D eigenvalue weighted by molar-refractivity contribution is 0.0579. The van der Waals surface area contributed by atoms with E-state index in [-0.39, 0.29) is 17.8 Å². The van der Waals surface area contributed by atoms with E-state index < -0.39 is 0 Å². The van der Waals surface area contributed by atoms with E-state index >= 15 is 0 Å². The van der Waals surface area contributed by atoms with Gasteiger partial charge in [0.15, 0.2) is 0 Å². The number of nitrogens with zero attached hydrogens (tertiary/aromatic N) is 2. The van der Waals surface area contributed by atoms with Crippen LogP contribution in [0.4, 0.5) is 4.39 Å². The first kappa shape index (κ1) is 18.2. The first-order valence-electron chi connectivity index (χ1n) is 8.20. The molecule has 2 aromatic rings. The summed E-state index contributed by atoms with van der Waals surface area (Å²) in [6, 6.07) is 11.7. The van der Waals surface area contributed by atoms with Gasteiger partial charge in [-0.1, -0.05) is 41.4 Å². The Kier molecular flexibility index (Phi) is 5.62. The average Bonchev–Trinajstić information content (AvgIpc) is 2.63. The number of benzene rings is 2. The molecule has 1 heterocycles. The van der Waals surface area contributed by atoms with E-state index in [0.29, 0.717) is 47.4 Å². The molecule has 1 aliphatic rings. The molecule has 0 N–H and O–H groups in total. The van der Waals surface area contributed by atoms with E-state index in [1.54, 1.807) is 29.2 Å². The fourth-order valence-corrected chi connectivity index (χ4v) is 3.43. The van der Waals surface area contributed by atoms with Crippen LogP contribution in [0.15, 0.2) is 42.5 Å². The monoisotopic (exact) mass is 380 g/mol. The normalized spacial score (nSPS) is 16.7. The minimum absolute atomic E-state index is 0.0246. The number of amides is 1. The van der Waals surface area contributed by atoms with Gasteiger partial charge in [-0.15, -0.1) is 0 Å². The molecule has 6 heteroatoms. The highest BCUT2D eigenvalue weighted by molar-refractivity contribution is 6.42. The molecule has 1 amide bonds. The number of carbonyl (C=O) groups is 1. The van der Waals surface area contributed by atoms with Gasteiger partial charge in [0, 0.05) is 43.3 Å². The Morgan fingerprint density at radius 2 is 1.72 bits per heavy atom. The molecule has 0 aliphatic carbocycles. The molecule has 1 saturated heterocycles. The van der Waals surface area contributed by atoms with E-state index in [2.05, 4.69) is 4.90 Å². The Labute approximate surface area is 156 Å². The molecule has 0 bridgehead atoms. The van der Waals surface area contributed by atoms with Crippen molar-refractivity contribution in [2.75, 3.05) is 26.2 Å². The SMILES string of the molecule is CC(c1ccccc1F)N1CCN(C(=O)c2ccc(Cl)c(Cl)c2)CC1. The zero-order valence-electron chi connectivity index (χ0n) is 13.9. The van der Waals surface area contributed by atoms with Crippen molar-refractivity contribution in [3.05, 3.63) is 69.5 Å². The summed E-state index contributed by atoms with van der Waals surface area (Å²) in [5, 5.41) is 0.807. The fourth-order valence-electron chi connectivity index (χ4n) is 3.13. The van der Waals surface area contributed by atoms with Crippen LogP contribution < -0.4 is 0 Å². The molecule has 1 aliphatic heterocycles. The van der Waals surface area contributed by atoms with Crippen LogP contribution in [-0.4, -0.2) is 41.9 Å². The first-order chi connectivity index (χ1) is 12.0. The molecule has 1 atom stereocenters. The van der Waals surface area contributed by atoms with Crippen LogP contribution in [0.1, 0.15) is 28.9 Å². The quantitative estimate of drug-likeness (QED) is 0.773. The van der Waals surface area contributed by atoms with Gasteiger partial charge < -0.3 is 4.90 Å². The Bertz CT molecular complexity index is 776. The van der Waals surface area contributed by atoms with Crippen molar-refractivity contribution in [2.24, 2.45) is 0 Å². The lowest BCUT2D eigenvalue weighted by atomic mass is 10.1. The van der Waals surface area contributed by atoms with E-state index in [1.807, 2.05) is 19.1 Å². The zero-order chi connectivity index (χ0) is 18.0. The standard InChI is InChI=1S/C19H19Cl2FN2O/c1-13(15-4-2-3-5-18(15)22)23-8-10-24(11-9-23)19(25)14-6-7-16(20)17(21)12-14/h2-7,12-13H,8-11H2,1H3. The minimum Gasteiger partial charge on any atom is -0.336 e. The molecule has 1 unspecified atom stereocenters. The third-order valence-corrected chi connectivity index (χ3v) is 5.41. The molecule has 3 nitrogen and oxygen atoms in total. The third kappa shape index (κ3) is 3.97. The summed E-state index contributed by atoms with van der Waals surface area (Å²) in [6.07, 6.45) is 0. The van der Waals surface area contributed by atoms with Crippen molar-refractivity contribution >= 4 is 29.1 Å². The first-order valence-corrected chi connectivity index (χ1v) is 8.96. The topological polar surface area (TPSA) is 23.6 Å². The number of rotatable bonds is 3. The molecule has 2 aromatic carbocycles. The highest BCUT2D eigenvalue weighted by atomic mass is 35.5. The molecule has 0 spiro atoms. The van der Waals surface area contributed by atoms with Crippen LogP contribution in [0, 0.1) is 5.82 Å². The number of carbonyl (C=O) groups excluding carboxylic acids is 1. The number of hydrogen-bond acceptors (Lipinski definition) is 2. The summed E-state index contributed by atoms with van der Waals surface area (Å²) in [5.41, 5.74) is 1.22. The predicted molar refractivity (Wildman–Crippen MR) is 98.8 cm³/mol. The van der Waals surface area contributed by atoms with Crippen LogP contribution in [0.25, 0.3) is 0 Å². The summed E-state index contributed by atoms with van der Waals surface area (Å²) >= 11 is 11.9. The van der Waals surface area contributed by atoms with Gasteiger partial charge in [0.1, 0.15) is 5.82 Å². The zero-order valence-corrected chi connectivity index (χ0v) is 15.4. The maximum Gasteiger partial charge on any atom is 0.253 e. The Balaban J connectivity index is 1.64. The van der Waals surface area contributed by atoms with Crippen molar-refractivity contribution in [1.29, 1.82) is 0 Å². The largest absolute Gasteiger partial charge is 0.336 e. The van der Waals surface area contributed by atoms with Crippen molar-refractivity contribution in [2.45, 2.75) is 13.0 Å². The van der Waals surface area contributed by atoms with Crippen LogP contribution in [0.3, 0.4) is 0 Å². The molecule has 3 rings (SSSR count). The molecule has 0 radical (unpaired) electrons. The lowest BCUT2D eigenvalue weighted by Crippen LogP contribution is -2.49. The minimum atomic E-state index is -0.190. The Morgan fingerprint density at radius 1 is 1.04 bits per heavy atom. The van der Waals surface area contributed by atoms with Crippen molar-refractivity contribution in [3.63, 3.8) is 0 Å². The van der Waals surface area contributed by atoms with Gasteiger partial charge in [-0.3, -0.25) is 9.69 Å². The predicted octanol–water partition coefficient (Wildman–Crippen LogP) is 4.65. The second kappa shape index (κ2) is 7.73. The van der Waals surface area contributed by atoms with Gasteiger partial charge in [0.2, 0.25) is 0 Å². The third-order valence-electron chi connectivity index (χ3n) is 4.67. The highest BCUT2D eigenvalue weighted by Gasteiger charge is 2.26. The maximum absolute atomic E-state index is 14.0. The number of piperazine rings is 1. The summed E-state index contributed by atoms with van der Waals surface area (Å²) in [4.78, 5) is 16.6. The highest BCUT2D eigenvalue weighted by Crippen LogP contribution is 2.26. The Hall–Kier alpha value is -1.62. The van der Waals surface area contributed by atoms with E-state index in [1.165, 1.54) is 6.07 Å². The van der Waals surface area contributed by atoms with Crippen molar-refractivity contribution in [3.8, 4) is 0 Å². The maximum atomic E-state index is 14.0. The van der Waals surface area contributed by atoms with Gasteiger partial charge in [0.25, 0.3) is 5.91 Å². The van der Waals surface area contributed by atoms with Gasteiger partial charge in [-0.25, -0.2) is 4.39 Å². The summed E-state index contributed by atoms with van der Waals surface area (Å²) in [7, 11) is 0. The fraction of sp³-hybridized carbons (Fsp3) is 0.316. The van der Waals surface area contributed by atoms with Gasteiger partial charge in [0.05, 0.1) is 10.0 Å². The van der Waals surface area contributed by atoms with E-state index in [4.69, 9.17) is 23.2 Å². The van der Waals surface area contributed by atoms with Crippen LogP contribution >= 0.6 is 23.2 Å². The van der Waals surface area contributed by atoms with Gasteiger partial charge in [-0.05, 0) is 31.2 Å². The van der Waals surface area contributed by atoms with Gasteiger partial charge in [-0.2, -0.15) is 0 Å². The lowest BCUT2D eigenvalue weighted by Gasteiger charge is -2.38. The molecule has 132 valence electrons. The number of halogens is 3. The van der Waals surface area contributed by atoms with E-state index in [9.17, 15) is 9.18 Å². The smallest absolute Gasteiger partial charge is 0.253 e. The molecule has 25 heavy (non-hydrogen) atoms. The second-order valence-corrected chi connectivity index (χ2v) is 6.97. The molecule has 0 aromatic heterocycles. The molecule has 0 saturated carbocycles. The van der Waals surface area contributed by atoms with Crippen molar-refractivity contribution < 1.29 is 9.18 Å². The number of hydrogen-bond donors (Lipinski definition) is 0. The van der Waals surface area contributed by atoms with Crippen LogP contribution in [0.2, 0.25) is 10.0 Å². The van der Waals surface area contributed by atoms with Crippen molar-refractivity contribution in [1.82, 2.24) is 9.80 Å². The Morgan fingerprint density at radius 3 is 2.36 bits per heavy atom. The second-order valence-electron chi connectivity index (χ2n) is 6.15. The molecular weight excluding hydrogens is 362 g/mol. The summed E-state index contributed by atoms with van der Waals surface area (Å²) in [5.74, 6) is -0.249. The van der Waals surface area contributed by atoms with Crippen LogP contribution in [0.5, 0.6) is 0 Å². The van der Waals surface area contributed by atoms with E-state index in [0.717, 1.165) is 0 Å².